The van der Waals surface area contributed by atoms with Crippen LogP contribution in [0.25, 0.3) is 11.3 Å². The molecule has 1 atom stereocenters. The minimum Gasteiger partial charge on any atom is -0.497 e. The molecule has 0 spiro atoms. The lowest BCUT2D eigenvalue weighted by Gasteiger charge is -2.32. The standard InChI is InChI=1S/C35H33N7O6/c1-48-25-7-5-22(6-8-25)28-17-23(11-14-36-28)33(45)40-15-12-24(13-16-40)41-20-21(19-38-41)18-37-27-4-2-3-26-31(27)35(47)42(34(26)46)29-9-10-30(43)39-32(29)44/h2-8,11,14,17,19-20,24,29,37H,9-10,12-13,15-16,18H2,1H3,(H,39,43,44). The molecule has 2 fully saturated rings. The highest BCUT2D eigenvalue weighted by atomic mass is 16.5. The van der Waals surface area contributed by atoms with E-state index in [9.17, 15) is 24.0 Å². The molecule has 3 aliphatic rings. The van der Waals surface area contributed by atoms with Crippen LogP contribution in [-0.2, 0) is 16.1 Å². The molecule has 0 radical (unpaired) electrons. The second kappa shape index (κ2) is 12.7. The molecule has 1 unspecified atom stereocenters. The predicted molar refractivity (Wildman–Crippen MR) is 173 cm³/mol. The second-order valence-corrected chi connectivity index (χ2v) is 12.0. The number of hydrogen-bond acceptors (Lipinski definition) is 9. The summed E-state index contributed by atoms with van der Waals surface area (Å²) < 4.78 is 7.15. The third-order valence-electron chi connectivity index (χ3n) is 9.12. The lowest BCUT2D eigenvalue weighted by atomic mass is 10.0. The highest BCUT2D eigenvalue weighted by molar-refractivity contribution is 6.25. The van der Waals surface area contributed by atoms with Crippen LogP contribution in [0, 0.1) is 0 Å². The molecule has 7 rings (SSSR count). The van der Waals surface area contributed by atoms with Crippen LogP contribution in [0.3, 0.4) is 0 Å². The summed E-state index contributed by atoms with van der Waals surface area (Å²) in [4.78, 5) is 71.2. The molecule has 0 bridgehead atoms. The number of nitrogens with zero attached hydrogens (tertiary/aromatic N) is 5. The molecule has 244 valence electrons. The number of amides is 5. The number of aromatic nitrogens is 3. The molecule has 2 saturated heterocycles. The Bertz CT molecular complexity index is 1930. The molecule has 3 aliphatic heterocycles. The van der Waals surface area contributed by atoms with Gasteiger partial charge in [-0.3, -0.25) is 43.9 Å². The van der Waals surface area contributed by atoms with Crippen molar-refractivity contribution in [2.75, 3.05) is 25.5 Å². The van der Waals surface area contributed by atoms with Crippen LogP contribution < -0.4 is 15.4 Å². The number of methoxy groups -OCH3 is 1. The van der Waals surface area contributed by atoms with Crippen molar-refractivity contribution in [2.45, 2.75) is 44.3 Å². The fourth-order valence-corrected chi connectivity index (χ4v) is 6.53. The van der Waals surface area contributed by atoms with Gasteiger partial charge in [0, 0.05) is 60.8 Å². The van der Waals surface area contributed by atoms with Crippen molar-refractivity contribution in [1.29, 1.82) is 0 Å². The van der Waals surface area contributed by atoms with E-state index >= 15 is 0 Å². The normalized spacial score (nSPS) is 18.1. The molecule has 2 N–H and O–H groups in total. The van der Waals surface area contributed by atoms with Crippen molar-refractivity contribution in [2.24, 2.45) is 0 Å². The molecule has 13 heteroatoms. The molecule has 5 amide bonds. The lowest BCUT2D eigenvalue weighted by Crippen LogP contribution is -2.54. The van der Waals surface area contributed by atoms with Gasteiger partial charge < -0.3 is 15.0 Å². The van der Waals surface area contributed by atoms with Gasteiger partial charge in [0.05, 0.1) is 36.2 Å². The van der Waals surface area contributed by atoms with E-state index in [1.54, 1.807) is 43.8 Å². The summed E-state index contributed by atoms with van der Waals surface area (Å²) in [5.74, 6) is -1.45. The molecule has 2 aromatic carbocycles. The van der Waals surface area contributed by atoms with E-state index in [0.717, 1.165) is 40.3 Å². The maximum Gasteiger partial charge on any atom is 0.264 e. The summed E-state index contributed by atoms with van der Waals surface area (Å²) >= 11 is 0. The smallest absolute Gasteiger partial charge is 0.264 e. The van der Waals surface area contributed by atoms with Gasteiger partial charge in [0.25, 0.3) is 17.7 Å². The van der Waals surface area contributed by atoms with Gasteiger partial charge in [0.15, 0.2) is 0 Å². The Morgan fingerprint density at radius 2 is 1.79 bits per heavy atom. The Morgan fingerprint density at radius 3 is 2.54 bits per heavy atom. The molecule has 48 heavy (non-hydrogen) atoms. The molecule has 0 saturated carbocycles. The number of likely N-dealkylation sites (tertiary alicyclic amines) is 1. The summed E-state index contributed by atoms with van der Waals surface area (Å²) in [5.41, 5.74) is 4.00. The topological polar surface area (TPSA) is 156 Å². The number of anilines is 1. The van der Waals surface area contributed by atoms with Crippen LogP contribution >= 0.6 is 0 Å². The van der Waals surface area contributed by atoms with E-state index in [1.165, 1.54) is 0 Å². The second-order valence-electron chi connectivity index (χ2n) is 12.0. The molecule has 13 nitrogen and oxygen atoms in total. The van der Waals surface area contributed by atoms with Crippen LogP contribution in [0.15, 0.2) is 73.2 Å². The van der Waals surface area contributed by atoms with E-state index in [2.05, 4.69) is 20.7 Å². The Balaban J connectivity index is 0.961. The van der Waals surface area contributed by atoms with E-state index < -0.39 is 29.7 Å². The van der Waals surface area contributed by atoms with Crippen LogP contribution in [0.4, 0.5) is 5.69 Å². The molecule has 5 heterocycles. The predicted octanol–water partition coefficient (Wildman–Crippen LogP) is 3.44. The van der Waals surface area contributed by atoms with Crippen LogP contribution in [0.2, 0.25) is 0 Å². The molecule has 4 aromatic rings. The van der Waals surface area contributed by atoms with E-state index in [1.807, 2.05) is 46.1 Å². The fraction of sp³-hybridized carbons (Fsp3) is 0.286. The number of benzene rings is 2. The number of carbonyl (C=O) groups is 5. The lowest BCUT2D eigenvalue weighted by molar-refractivity contribution is -0.136. The van der Waals surface area contributed by atoms with Gasteiger partial charge in [-0.25, -0.2) is 0 Å². The first-order valence-electron chi connectivity index (χ1n) is 15.8. The minimum absolute atomic E-state index is 0.0319. The van der Waals surface area contributed by atoms with Gasteiger partial charge in [0.1, 0.15) is 11.8 Å². The van der Waals surface area contributed by atoms with Crippen molar-refractivity contribution in [3.8, 4) is 17.0 Å². The number of piperidine rings is 2. The first-order valence-corrected chi connectivity index (χ1v) is 15.8. The monoisotopic (exact) mass is 647 g/mol. The van der Waals surface area contributed by atoms with Crippen molar-refractivity contribution in [3.63, 3.8) is 0 Å². The van der Waals surface area contributed by atoms with Crippen molar-refractivity contribution in [3.05, 3.63) is 95.4 Å². The Kier molecular flexibility index (Phi) is 8.17. The average molecular weight is 648 g/mol. The Morgan fingerprint density at radius 1 is 1.00 bits per heavy atom. The van der Waals surface area contributed by atoms with Gasteiger partial charge in [-0.2, -0.15) is 5.10 Å². The molecular formula is C35H33N7O6. The number of rotatable bonds is 8. The highest BCUT2D eigenvalue weighted by Gasteiger charge is 2.45. The summed E-state index contributed by atoms with van der Waals surface area (Å²) in [7, 11) is 1.62. The van der Waals surface area contributed by atoms with E-state index in [4.69, 9.17) is 4.74 Å². The highest BCUT2D eigenvalue weighted by Crippen LogP contribution is 2.33. The summed E-state index contributed by atoms with van der Waals surface area (Å²) in [6, 6.07) is 15.2. The molecule has 2 aromatic heterocycles. The third-order valence-corrected chi connectivity index (χ3v) is 9.12. The number of nitrogens with one attached hydrogen (secondary N) is 2. The number of ether oxygens (including phenoxy) is 1. The zero-order valence-electron chi connectivity index (χ0n) is 26.2. The van der Waals surface area contributed by atoms with Gasteiger partial charge >= 0.3 is 0 Å². The summed E-state index contributed by atoms with van der Waals surface area (Å²) in [6.45, 7) is 1.53. The van der Waals surface area contributed by atoms with Gasteiger partial charge in [-0.1, -0.05) is 6.07 Å². The average Bonchev–Trinajstić information content (AvgIpc) is 3.69. The number of pyridine rings is 1. The number of hydrogen-bond donors (Lipinski definition) is 2. The van der Waals surface area contributed by atoms with Crippen molar-refractivity contribution < 1.29 is 28.7 Å². The zero-order chi connectivity index (χ0) is 33.4. The third kappa shape index (κ3) is 5.78. The Labute approximate surface area is 275 Å². The number of fused-ring (bicyclic) bond motifs is 1. The quantitative estimate of drug-likeness (QED) is 0.274. The minimum atomic E-state index is -1.02. The number of carbonyl (C=O) groups excluding carboxylic acids is 5. The largest absolute Gasteiger partial charge is 0.497 e. The first-order chi connectivity index (χ1) is 23.3. The zero-order valence-corrected chi connectivity index (χ0v) is 26.2. The van der Waals surface area contributed by atoms with Crippen LogP contribution in [-0.4, -0.2) is 80.3 Å². The van der Waals surface area contributed by atoms with Gasteiger partial charge in [0.2, 0.25) is 11.8 Å². The maximum atomic E-state index is 13.4. The number of imide groups is 2. The van der Waals surface area contributed by atoms with Crippen molar-refractivity contribution >= 4 is 35.2 Å². The van der Waals surface area contributed by atoms with Gasteiger partial charge in [-0.05, 0) is 67.8 Å². The maximum absolute atomic E-state index is 13.4. The van der Waals surface area contributed by atoms with E-state index in [-0.39, 0.29) is 35.9 Å². The Hall–Kier alpha value is -5.85. The van der Waals surface area contributed by atoms with Crippen molar-refractivity contribution in [1.82, 2.24) is 29.9 Å². The van der Waals surface area contributed by atoms with E-state index in [0.29, 0.717) is 30.9 Å². The van der Waals surface area contributed by atoms with Crippen LogP contribution in [0.1, 0.15) is 68.4 Å². The summed E-state index contributed by atoms with van der Waals surface area (Å²) in [6.07, 6.45) is 7.01. The van der Waals surface area contributed by atoms with Crippen LogP contribution in [0.5, 0.6) is 5.75 Å². The fourth-order valence-electron chi connectivity index (χ4n) is 6.53. The van der Waals surface area contributed by atoms with Gasteiger partial charge in [-0.15, -0.1) is 0 Å². The SMILES string of the molecule is COc1ccc(-c2cc(C(=O)N3CCC(n4cc(CNc5cccc6c5C(=O)N(C5CCC(=O)NC5=O)C6=O)cn4)CC3)ccn2)cc1. The molecular weight excluding hydrogens is 614 g/mol. The summed E-state index contributed by atoms with van der Waals surface area (Å²) in [5, 5.41) is 10.1. The molecule has 0 aliphatic carbocycles. The first kappa shape index (κ1) is 30.8.